The van der Waals surface area contributed by atoms with E-state index >= 15 is 0 Å². The number of thiazole rings is 1. The number of aromatic nitrogens is 1. The van der Waals surface area contributed by atoms with E-state index in [2.05, 4.69) is 36.3 Å². The highest BCUT2D eigenvalue weighted by molar-refractivity contribution is 7.13. The van der Waals surface area contributed by atoms with Crippen LogP contribution >= 0.6 is 11.3 Å². The number of carbonyl (C=O) groups excluding carboxylic acids is 1. The van der Waals surface area contributed by atoms with Crippen molar-refractivity contribution in [2.75, 3.05) is 6.61 Å². The average Bonchev–Trinajstić information content (AvgIpc) is 3.16. The molecule has 0 aliphatic carbocycles. The highest BCUT2D eigenvalue weighted by atomic mass is 32.1. The highest BCUT2D eigenvalue weighted by Gasteiger charge is 2.18. The number of ether oxygens (including phenoxy) is 1. The summed E-state index contributed by atoms with van der Waals surface area (Å²) in [6.45, 7) is 6.92. The summed E-state index contributed by atoms with van der Waals surface area (Å²) >= 11 is 1.54. The van der Waals surface area contributed by atoms with Gasteiger partial charge in [-0.2, -0.15) is 0 Å². The van der Waals surface area contributed by atoms with Gasteiger partial charge in [0.25, 0.3) is 0 Å². The minimum Gasteiger partial charge on any atom is -0.493 e. The van der Waals surface area contributed by atoms with Gasteiger partial charge in [-0.15, -0.1) is 11.3 Å². The Balaban J connectivity index is 1.70. The molecular formula is C24H28N2O2S. The lowest BCUT2D eigenvalue weighted by atomic mass is 9.97. The maximum Gasteiger partial charge on any atom is 0.226 e. The highest BCUT2D eigenvalue weighted by Crippen LogP contribution is 2.32. The number of benzene rings is 2. The molecule has 152 valence electrons. The second-order valence-corrected chi connectivity index (χ2v) is 8.27. The van der Waals surface area contributed by atoms with Crippen molar-refractivity contribution in [1.29, 1.82) is 0 Å². The zero-order valence-corrected chi connectivity index (χ0v) is 18.0. The van der Waals surface area contributed by atoms with E-state index in [1.54, 1.807) is 0 Å². The molecule has 3 aromatic rings. The number of hydrogen-bond acceptors (Lipinski definition) is 4. The topological polar surface area (TPSA) is 51.2 Å². The van der Waals surface area contributed by atoms with E-state index in [0.717, 1.165) is 34.0 Å². The molecule has 29 heavy (non-hydrogen) atoms. The Morgan fingerprint density at radius 2 is 1.83 bits per heavy atom. The summed E-state index contributed by atoms with van der Waals surface area (Å²) in [4.78, 5) is 17.4. The number of para-hydroxylation sites is 1. The number of rotatable bonds is 9. The largest absolute Gasteiger partial charge is 0.493 e. The van der Waals surface area contributed by atoms with Crippen LogP contribution in [0.15, 0.2) is 60.0 Å². The Kier molecular flexibility index (Phi) is 7.42. The first-order chi connectivity index (χ1) is 14.1. The first-order valence-corrected chi connectivity index (χ1v) is 11.0. The molecule has 0 aliphatic rings. The van der Waals surface area contributed by atoms with Crippen LogP contribution in [0.4, 0.5) is 0 Å². The van der Waals surface area contributed by atoms with Crippen molar-refractivity contribution >= 4 is 17.2 Å². The van der Waals surface area contributed by atoms with Crippen molar-refractivity contribution in [2.24, 2.45) is 5.92 Å². The Bertz CT molecular complexity index is 921. The van der Waals surface area contributed by atoms with Gasteiger partial charge < -0.3 is 10.1 Å². The summed E-state index contributed by atoms with van der Waals surface area (Å²) in [7, 11) is 0. The van der Waals surface area contributed by atoms with Crippen LogP contribution < -0.4 is 10.1 Å². The molecule has 1 N–H and O–H groups in total. The average molecular weight is 409 g/mol. The molecule has 0 saturated carbocycles. The van der Waals surface area contributed by atoms with E-state index in [4.69, 9.17) is 4.74 Å². The van der Waals surface area contributed by atoms with Crippen molar-refractivity contribution < 1.29 is 9.53 Å². The summed E-state index contributed by atoms with van der Waals surface area (Å²) in [5.74, 6) is 1.30. The van der Waals surface area contributed by atoms with E-state index < -0.39 is 0 Å². The van der Waals surface area contributed by atoms with Crippen LogP contribution in [0.5, 0.6) is 5.75 Å². The van der Waals surface area contributed by atoms with Gasteiger partial charge in [-0.05, 0) is 37.0 Å². The number of hydrogen-bond donors (Lipinski definition) is 1. The first kappa shape index (κ1) is 21.1. The molecule has 0 saturated heterocycles. The maximum atomic E-state index is 12.7. The summed E-state index contributed by atoms with van der Waals surface area (Å²) in [6, 6.07) is 18.0. The molecule has 0 spiro atoms. The van der Waals surface area contributed by atoms with Gasteiger partial charge in [0, 0.05) is 5.38 Å². The zero-order chi connectivity index (χ0) is 20.6. The molecule has 5 heteroatoms. The Morgan fingerprint density at radius 3 is 2.55 bits per heavy atom. The molecule has 0 aliphatic heterocycles. The monoisotopic (exact) mass is 408 g/mol. The lowest BCUT2D eigenvalue weighted by molar-refractivity contribution is -0.121. The molecule has 2 aromatic carbocycles. The van der Waals surface area contributed by atoms with Crippen molar-refractivity contribution in [1.82, 2.24) is 10.3 Å². The van der Waals surface area contributed by atoms with Gasteiger partial charge in [0.15, 0.2) is 0 Å². The fourth-order valence-electron chi connectivity index (χ4n) is 3.28. The van der Waals surface area contributed by atoms with Crippen LogP contribution in [0.3, 0.4) is 0 Å². The summed E-state index contributed by atoms with van der Waals surface area (Å²) in [6.07, 6.45) is 1.18. The molecule has 1 unspecified atom stereocenters. The van der Waals surface area contributed by atoms with E-state index in [1.807, 2.05) is 54.8 Å². The smallest absolute Gasteiger partial charge is 0.226 e. The third kappa shape index (κ3) is 5.91. The summed E-state index contributed by atoms with van der Waals surface area (Å²) in [5, 5.41) is 6.02. The minimum absolute atomic E-state index is 0.00514. The van der Waals surface area contributed by atoms with Gasteiger partial charge in [-0.1, -0.05) is 56.3 Å². The van der Waals surface area contributed by atoms with E-state index in [-0.39, 0.29) is 18.4 Å². The Labute approximate surface area is 177 Å². The van der Waals surface area contributed by atoms with Crippen LogP contribution in [0.2, 0.25) is 0 Å². The van der Waals surface area contributed by atoms with Crippen LogP contribution in [-0.2, 0) is 11.2 Å². The predicted octanol–water partition coefficient (Wildman–Crippen LogP) is 5.65. The first-order valence-electron chi connectivity index (χ1n) is 10.1. The maximum absolute atomic E-state index is 12.7. The van der Waals surface area contributed by atoms with Gasteiger partial charge in [0.05, 0.1) is 30.3 Å². The second-order valence-electron chi connectivity index (χ2n) is 7.41. The second kappa shape index (κ2) is 10.2. The molecule has 0 radical (unpaired) electrons. The molecule has 1 aromatic heterocycles. The Morgan fingerprint density at radius 1 is 1.10 bits per heavy atom. The van der Waals surface area contributed by atoms with Crippen molar-refractivity contribution in [3.8, 4) is 16.3 Å². The van der Waals surface area contributed by atoms with Gasteiger partial charge >= 0.3 is 0 Å². The summed E-state index contributed by atoms with van der Waals surface area (Å²) in [5.41, 5.74) is 2.89. The molecule has 0 bridgehead atoms. The van der Waals surface area contributed by atoms with E-state index in [1.165, 1.54) is 11.3 Å². The predicted molar refractivity (Wildman–Crippen MR) is 119 cm³/mol. The molecule has 4 nitrogen and oxygen atoms in total. The number of nitrogens with zero attached hydrogens (tertiary/aromatic N) is 1. The lowest BCUT2D eigenvalue weighted by Crippen LogP contribution is -2.30. The number of nitrogens with one attached hydrogen (secondary N) is 1. The van der Waals surface area contributed by atoms with Crippen LogP contribution in [0.25, 0.3) is 10.6 Å². The van der Waals surface area contributed by atoms with Crippen LogP contribution in [-0.4, -0.2) is 17.5 Å². The normalized spacial score (nSPS) is 12.0. The van der Waals surface area contributed by atoms with Gasteiger partial charge in [0.2, 0.25) is 5.91 Å². The SMILES string of the molecule is CCOc1ccccc1-c1nc(CC(=O)NC(CC(C)C)c2ccccc2)cs1. The van der Waals surface area contributed by atoms with Gasteiger partial charge in [-0.3, -0.25) is 4.79 Å². The van der Waals surface area contributed by atoms with Crippen LogP contribution in [0, 0.1) is 5.92 Å². The number of amides is 1. The third-order valence-corrected chi connectivity index (χ3v) is 5.48. The van der Waals surface area contributed by atoms with Crippen molar-refractivity contribution in [3.05, 3.63) is 71.2 Å². The van der Waals surface area contributed by atoms with Gasteiger partial charge in [-0.25, -0.2) is 4.98 Å². The molecular weight excluding hydrogens is 380 g/mol. The molecule has 1 heterocycles. The van der Waals surface area contributed by atoms with Crippen molar-refractivity contribution in [3.63, 3.8) is 0 Å². The van der Waals surface area contributed by atoms with Crippen LogP contribution in [0.1, 0.15) is 44.5 Å². The number of carbonyl (C=O) groups is 1. The molecule has 1 atom stereocenters. The quantitative estimate of drug-likeness (QED) is 0.497. The van der Waals surface area contributed by atoms with Crippen molar-refractivity contribution in [2.45, 2.75) is 39.7 Å². The standard InChI is InChI=1S/C24H28N2O2S/c1-4-28-22-13-9-8-12-20(22)24-25-19(16-29-24)15-23(27)26-21(14-17(2)3)18-10-6-5-7-11-18/h5-13,16-17,21H,4,14-15H2,1-3H3,(H,26,27). The van der Waals surface area contributed by atoms with Gasteiger partial charge in [0.1, 0.15) is 10.8 Å². The summed E-state index contributed by atoms with van der Waals surface area (Å²) < 4.78 is 5.71. The molecule has 1 amide bonds. The van der Waals surface area contributed by atoms with E-state index in [0.29, 0.717) is 12.5 Å². The molecule has 3 rings (SSSR count). The fraction of sp³-hybridized carbons (Fsp3) is 0.333. The van der Waals surface area contributed by atoms with E-state index in [9.17, 15) is 4.79 Å². The Hall–Kier alpha value is -2.66. The molecule has 0 fully saturated rings. The minimum atomic E-state index is -0.00514. The lowest BCUT2D eigenvalue weighted by Gasteiger charge is -2.21. The zero-order valence-electron chi connectivity index (χ0n) is 17.2. The fourth-order valence-corrected chi connectivity index (χ4v) is 4.13. The third-order valence-electron chi connectivity index (χ3n) is 4.55.